The molecule has 1 aromatic carbocycles. The van der Waals surface area contributed by atoms with Gasteiger partial charge < -0.3 is 23.2 Å². The first-order valence-corrected chi connectivity index (χ1v) is 15.8. The van der Waals surface area contributed by atoms with Crippen LogP contribution in [0, 0.1) is 6.92 Å². The molecule has 0 unspecified atom stereocenters. The van der Waals surface area contributed by atoms with Crippen LogP contribution in [0.1, 0.15) is 65.2 Å². The predicted molar refractivity (Wildman–Crippen MR) is 135 cm³/mol. The molecular weight excluding hydrogens is 474 g/mol. The molecule has 0 aliphatic rings. The highest BCUT2D eigenvalue weighted by atomic mass is 32.5. The van der Waals surface area contributed by atoms with Gasteiger partial charge in [0.2, 0.25) is 0 Å². The second kappa shape index (κ2) is 12.5. The number of aromatic hydroxyl groups is 1. The molecule has 0 heterocycles. The van der Waals surface area contributed by atoms with Crippen LogP contribution in [0.3, 0.4) is 0 Å². The summed E-state index contributed by atoms with van der Waals surface area (Å²) in [6.07, 6.45) is 0. The van der Waals surface area contributed by atoms with E-state index in [1.807, 2.05) is 46.8 Å². The highest BCUT2D eigenvalue weighted by molar-refractivity contribution is 8.10. The van der Waals surface area contributed by atoms with E-state index >= 15 is 0 Å². The maximum absolute atomic E-state index is 10.6. The van der Waals surface area contributed by atoms with Gasteiger partial charge in [-0.05, 0) is 80.3 Å². The molecule has 0 bridgehead atoms. The fraction of sp³-hybridized carbons (Fsp3) is 0.700. The molecule has 180 valence electrons. The maximum Gasteiger partial charge on any atom is 0.278 e. The topological polar surface area (TPSA) is 72.4 Å². The molecule has 0 spiro atoms. The van der Waals surface area contributed by atoms with Crippen molar-refractivity contribution in [1.82, 2.24) is 9.98 Å². The summed E-state index contributed by atoms with van der Waals surface area (Å²) in [6, 6.07) is 3.92. The first-order chi connectivity index (χ1) is 14.4. The lowest BCUT2D eigenvalue weighted by atomic mass is 9.84. The summed E-state index contributed by atoms with van der Waals surface area (Å²) in [7, 11) is 0. The van der Waals surface area contributed by atoms with Crippen molar-refractivity contribution in [2.24, 2.45) is 0 Å². The molecule has 0 fully saturated rings. The summed E-state index contributed by atoms with van der Waals surface area (Å²) in [4.78, 5) is 0. The van der Waals surface area contributed by atoms with Crippen LogP contribution in [0.25, 0.3) is 0 Å². The van der Waals surface area contributed by atoms with Crippen LogP contribution in [-0.4, -0.2) is 36.3 Å². The van der Waals surface area contributed by atoms with Crippen molar-refractivity contribution in [2.75, 3.05) is 26.4 Å². The molecule has 0 saturated carbocycles. The smallest absolute Gasteiger partial charge is 0.278 e. The third-order valence-electron chi connectivity index (χ3n) is 4.22. The monoisotopic (exact) mass is 512 g/mol. The molecule has 0 aliphatic heterocycles. The fourth-order valence-electron chi connectivity index (χ4n) is 2.95. The summed E-state index contributed by atoms with van der Waals surface area (Å²) in [6.45, 7) is 11.7. The zero-order valence-corrected chi connectivity index (χ0v) is 23.4. The number of hydrogen-bond donors (Lipinski definition) is 2. The van der Waals surface area contributed by atoms with E-state index in [0.29, 0.717) is 38.7 Å². The molecule has 0 aliphatic carbocycles. The van der Waals surface area contributed by atoms with E-state index in [9.17, 15) is 5.11 Å². The van der Waals surface area contributed by atoms with Crippen molar-refractivity contribution in [1.29, 1.82) is 0 Å². The van der Waals surface area contributed by atoms with Crippen LogP contribution in [-0.2, 0) is 53.7 Å². The van der Waals surface area contributed by atoms with Crippen molar-refractivity contribution in [3.05, 3.63) is 28.8 Å². The molecule has 0 amide bonds. The molecular formula is C20H38N2O5P2S2. The Morgan fingerprint density at radius 2 is 1.42 bits per heavy atom. The van der Waals surface area contributed by atoms with Gasteiger partial charge in [-0.3, -0.25) is 0 Å². The number of aryl methyl sites for hydroxylation is 1. The van der Waals surface area contributed by atoms with Gasteiger partial charge in [0, 0.05) is 6.54 Å². The summed E-state index contributed by atoms with van der Waals surface area (Å²) >= 11 is 11.6. The van der Waals surface area contributed by atoms with Crippen LogP contribution >= 0.6 is 13.3 Å². The third-order valence-corrected chi connectivity index (χ3v) is 10.2. The summed E-state index contributed by atoms with van der Waals surface area (Å²) in [5.41, 5.74) is 2.36. The number of rotatable bonds is 13. The zero-order chi connectivity index (χ0) is 23.9. The molecule has 2 N–H and O–H groups in total. The molecule has 0 saturated heterocycles. The first-order valence-electron chi connectivity index (χ1n) is 10.5. The van der Waals surface area contributed by atoms with Gasteiger partial charge in [0.1, 0.15) is 5.75 Å². The number of benzene rings is 1. The minimum atomic E-state index is -2.93. The van der Waals surface area contributed by atoms with Gasteiger partial charge >= 0.3 is 0 Å². The van der Waals surface area contributed by atoms with Crippen LogP contribution in [0.15, 0.2) is 12.1 Å². The van der Waals surface area contributed by atoms with Gasteiger partial charge in [0.15, 0.2) is 0 Å². The number of nitrogens with one attached hydrogen (secondary N) is 1. The number of hydrazine groups is 1. The van der Waals surface area contributed by atoms with E-state index in [2.05, 4.69) is 26.0 Å². The van der Waals surface area contributed by atoms with E-state index in [1.54, 1.807) is 4.78 Å². The van der Waals surface area contributed by atoms with Gasteiger partial charge in [-0.15, -0.1) is 0 Å². The number of phenolic OH excluding ortho intramolecular Hbond substituents is 1. The Morgan fingerprint density at radius 3 is 1.84 bits per heavy atom. The molecule has 0 atom stereocenters. The summed E-state index contributed by atoms with van der Waals surface area (Å²) < 4.78 is 25.2. The predicted octanol–water partition coefficient (Wildman–Crippen LogP) is 5.90. The van der Waals surface area contributed by atoms with Crippen LogP contribution < -0.4 is 5.20 Å². The van der Waals surface area contributed by atoms with Crippen LogP contribution in [0.5, 0.6) is 5.75 Å². The Kier molecular flexibility index (Phi) is 11.8. The Labute approximate surface area is 198 Å². The van der Waals surface area contributed by atoms with E-state index < -0.39 is 13.3 Å². The van der Waals surface area contributed by atoms with Crippen molar-refractivity contribution in [3.8, 4) is 5.75 Å². The lowest BCUT2D eigenvalue weighted by molar-refractivity contribution is 0.183. The van der Waals surface area contributed by atoms with E-state index in [-0.39, 0.29) is 5.41 Å². The van der Waals surface area contributed by atoms with E-state index in [1.165, 1.54) is 0 Å². The molecule has 7 nitrogen and oxygen atoms in total. The van der Waals surface area contributed by atoms with Gasteiger partial charge in [-0.2, -0.15) is 9.98 Å². The molecule has 1 aromatic rings. The first kappa shape index (κ1) is 29.1. The zero-order valence-electron chi connectivity index (χ0n) is 19.9. The number of phenols is 1. The summed E-state index contributed by atoms with van der Waals surface area (Å²) in [5, 5.41) is 13.8. The minimum Gasteiger partial charge on any atom is -0.507 e. The van der Waals surface area contributed by atoms with Gasteiger partial charge in [-0.25, -0.2) is 0 Å². The van der Waals surface area contributed by atoms with Gasteiger partial charge in [0.05, 0.1) is 26.4 Å². The lowest BCUT2D eigenvalue weighted by Gasteiger charge is -2.37. The highest BCUT2D eigenvalue weighted by Crippen LogP contribution is 2.56. The SMILES string of the molecule is CCOP(=S)(NN(Cc1cc(C)c(O)c(C(C)(C)C)c1)P(=S)(OCC)OCC)OCC. The number of nitrogens with zero attached hydrogens (tertiary/aromatic N) is 1. The van der Waals surface area contributed by atoms with Crippen molar-refractivity contribution in [2.45, 2.75) is 67.3 Å². The molecule has 1 rings (SSSR count). The Balaban J connectivity index is 3.49. The quantitative estimate of drug-likeness (QED) is 0.248. The van der Waals surface area contributed by atoms with Crippen LogP contribution in [0.4, 0.5) is 0 Å². The normalized spacial score (nSPS) is 13.2. The average Bonchev–Trinajstić information content (AvgIpc) is 2.63. The molecule has 11 heteroatoms. The lowest BCUT2D eigenvalue weighted by Crippen LogP contribution is -2.35. The standard InChI is InChI=1S/C20H38N2O5P2S2/c1-9-24-28(30,25-10-2)21-22(29(31,26-11-3)27-12-4)15-17-13-16(5)19(23)18(14-17)20(6,7)8/h13-14,23H,9-12,15H2,1-8H3,(H,21,30). The van der Waals surface area contributed by atoms with E-state index in [4.69, 9.17) is 41.7 Å². The average molecular weight is 513 g/mol. The largest absolute Gasteiger partial charge is 0.507 e. The van der Waals surface area contributed by atoms with Crippen molar-refractivity contribution < 1.29 is 23.2 Å². The number of hydrogen-bond acceptors (Lipinski definition) is 7. The maximum atomic E-state index is 10.6. The Morgan fingerprint density at radius 1 is 0.935 bits per heavy atom. The second-order valence-electron chi connectivity index (χ2n) is 7.85. The molecule has 0 aromatic heterocycles. The third kappa shape index (κ3) is 8.42. The van der Waals surface area contributed by atoms with Gasteiger partial charge in [0.25, 0.3) is 13.3 Å². The van der Waals surface area contributed by atoms with Crippen molar-refractivity contribution in [3.63, 3.8) is 0 Å². The molecule has 0 radical (unpaired) electrons. The Hall–Kier alpha value is 0.0800. The molecule has 31 heavy (non-hydrogen) atoms. The highest BCUT2D eigenvalue weighted by Gasteiger charge is 2.34. The van der Waals surface area contributed by atoms with Crippen molar-refractivity contribution >= 4 is 36.9 Å². The Bertz CT molecular complexity index is 797. The van der Waals surface area contributed by atoms with E-state index in [0.717, 1.165) is 16.7 Å². The second-order valence-corrected chi connectivity index (χ2v) is 14.3. The van der Waals surface area contributed by atoms with Crippen LogP contribution in [0.2, 0.25) is 0 Å². The minimum absolute atomic E-state index is 0.228. The summed E-state index contributed by atoms with van der Waals surface area (Å²) in [5.74, 6) is 0.304. The fourth-order valence-corrected chi connectivity index (χ4v) is 8.55. The van der Waals surface area contributed by atoms with Gasteiger partial charge in [-0.1, -0.05) is 32.9 Å².